The Balaban J connectivity index is 1.21. The SMILES string of the molecule is COc1cc(C)cc(Nc2ncc3c(n2)CN([C@@H]2CCN(C(=O)c4ccnc(NS(C)(=O)=O)c4)[C@H](C)C2)C3)c1. The van der Waals surface area contributed by atoms with Crippen molar-refractivity contribution in [2.75, 3.05) is 29.9 Å². The topological polar surface area (TPSA) is 130 Å². The van der Waals surface area contributed by atoms with Gasteiger partial charge in [0.1, 0.15) is 11.6 Å². The molecule has 2 aromatic heterocycles. The lowest BCUT2D eigenvalue weighted by atomic mass is 9.96. The zero-order valence-corrected chi connectivity index (χ0v) is 23.3. The van der Waals surface area contributed by atoms with Gasteiger partial charge in [-0.2, -0.15) is 0 Å². The molecule has 11 nitrogen and oxygen atoms in total. The fourth-order valence-electron chi connectivity index (χ4n) is 5.32. The molecule has 2 aliphatic rings. The Bertz CT molecular complexity index is 1500. The first kappa shape index (κ1) is 26.8. The number of aromatic nitrogens is 3. The van der Waals surface area contributed by atoms with E-state index in [1.165, 1.54) is 12.3 Å². The van der Waals surface area contributed by atoms with Crippen LogP contribution in [0.5, 0.6) is 5.75 Å². The average Bonchev–Trinajstić information content (AvgIpc) is 3.30. The number of rotatable bonds is 7. The molecule has 3 aromatic rings. The molecule has 0 unspecified atom stereocenters. The third-order valence-electron chi connectivity index (χ3n) is 7.15. The first-order valence-electron chi connectivity index (χ1n) is 12.8. The molecule has 0 bridgehead atoms. The van der Waals surface area contributed by atoms with Gasteiger partial charge in [0, 0.05) is 67.0 Å². The van der Waals surface area contributed by atoms with Crippen molar-refractivity contribution in [2.45, 2.75) is 51.9 Å². The van der Waals surface area contributed by atoms with Crippen LogP contribution in [0.3, 0.4) is 0 Å². The summed E-state index contributed by atoms with van der Waals surface area (Å²) in [6.07, 6.45) is 6.06. The van der Waals surface area contributed by atoms with Gasteiger partial charge in [-0.05, 0) is 56.5 Å². The third-order valence-corrected chi connectivity index (χ3v) is 7.73. The Morgan fingerprint density at radius 3 is 2.72 bits per heavy atom. The molecule has 206 valence electrons. The number of sulfonamides is 1. The zero-order chi connectivity index (χ0) is 27.7. The molecule has 0 spiro atoms. The van der Waals surface area contributed by atoms with E-state index >= 15 is 0 Å². The fraction of sp³-hybridized carbons (Fsp3) is 0.407. The van der Waals surface area contributed by atoms with Crippen LogP contribution >= 0.6 is 0 Å². The number of hydrogen-bond acceptors (Lipinski definition) is 9. The zero-order valence-electron chi connectivity index (χ0n) is 22.5. The first-order valence-corrected chi connectivity index (χ1v) is 14.7. The normalized spacial score (nSPS) is 19.4. The highest BCUT2D eigenvalue weighted by Gasteiger charge is 2.35. The molecular formula is C27H33N7O4S. The second kappa shape index (κ2) is 10.8. The van der Waals surface area contributed by atoms with Gasteiger partial charge in [-0.25, -0.2) is 23.4 Å². The Morgan fingerprint density at radius 2 is 1.97 bits per heavy atom. The minimum Gasteiger partial charge on any atom is -0.497 e. The maximum atomic E-state index is 13.3. The number of likely N-dealkylation sites (tertiary alicyclic amines) is 1. The van der Waals surface area contributed by atoms with Crippen molar-refractivity contribution in [3.05, 3.63) is 65.1 Å². The van der Waals surface area contributed by atoms with Gasteiger partial charge in [-0.3, -0.25) is 14.4 Å². The minimum atomic E-state index is -3.48. The molecule has 1 aromatic carbocycles. The predicted octanol–water partition coefficient (Wildman–Crippen LogP) is 3.31. The number of fused-ring (bicyclic) bond motifs is 1. The summed E-state index contributed by atoms with van der Waals surface area (Å²) < 4.78 is 30.8. The predicted molar refractivity (Wildman–Crippen MR) is 149 cm³/mol. The van der Waals surface area contributed by atoms with E-state index in [1.54, 1.807) is 13.2 Å². The maximum Gasteiger partial charge on any atom is 0.254 e. The van der Waals surface area contributed by atoms with Crippen LogP contribution in [0.2, 0.25) is 0 Å². The van der Waals surface area contributed by atoms with Crippen molar-refractivity contribution < 1.29 is 17.9 Å². The van der Waals surface area contributed by atoms with E-state index < -0.39 is 10.0 Å². The smallest absolute Gasteiger partial charge is 0.254 e. The summed E-state index contributed by atoms with van der Waals surface area (Å²) in [6.45, 7) is 6.20. The van der Waals surface area contributed by atoms with Crippen LogP contribution in [0.1, 0.15) is 46.9 Å². The van der Waals surface area contributed by atoms with Gasteiger partial charge in [0.15, 0.2) is 0 Å². The first-order chi connectivity index (χ1) is 18.6. The van der Waals surface area contributed by atoms with E-state index in [2.05, 4.69) is 31.8 Å². The van der Waals surface area contributed by atoms with Crippen molar-refractivity contribution in [3.63, 3.8) is 0 Å². The number of hydrogen-bond donors (Lipinski definition) is 2. The van der Waals surface area contributed by atoms with Gasteiger partial charge in [0.2, 0.25) is 16.0 Å². The number of carbonyl (C=O) groups is 1. The van der Waals surface area contributed by atoms with Crippen LogP contribution < -0.4 is 14.8 Å². The summed E-state index contributed by atoms with van der Waals surface area (Å²) >= 11 is 0. The van der Waals surface area contributed by atoms with Gasteiger partial charge in [-0.1, -0.05) is 0 Å². The molecule has 2 N–H and O–H groups in total. The molecule has 39 heavy (non-hydrogen) atoms. The van der Waals surface area contributed by atoms with Gasteiger partial charge in [0.05, 0.1) is 19.1 Å². The largest absolute Gasteiger partial charge is 0.497 e. The van der Waals surface area contributed by atoms with Crippen molar-refractivity contribution in [1.29, 1.82) is 0 Å². The Labute approximate surface area is 228 Å². The van der Waals surface area contributed by atoms with E-state index in [0.29, 0.717) is 24.1 Å². The molecule has 12 heteroatoms. The molecule has 5 rings (SSSR count). The summed E-state index contributed by atoms with van der Waals surface area (Å²) in [6, 6.07) is 9.35. The van der Waals surface area contributed by atoms with E-state index in [-0.39, 0.29) is 17.8 Å². The van der Waals surface area contributed by atoms with E-state index in [1.807, 2.05) is 36.2 Å². The summed E-state index contributed by atoms with van der Waals surface area (Å²) in [4.78, 5) is 30.9. The van der Waals surface area contributed by atoms with Crippen LogP contribution in [-0.2, 0) is 23.1 Å². The molecule has 1 amide bonds. The third kappa shape index (κ3) is 6.28. The fourth-order valence-corrected chi connectivity index (χ4v) is 5.81. The van der Waals surface area contributed by atoms with Gasteiger partial charge >= 0.3 is 0 Å². The number of ether oxygens (including phenoxy) is 1. The van der Waals surface area contributed by atoms with Crippen molar-refractivity contribution >= 4 is 33.4 Å². The van der Waals surface area contributed by atoms with Crippen LogP contribution in [0.4, 0.5) is 17.5 Å². The minimum absolute atomic E-state index is 0.0269. The maximum absolute atomic E-state index is 13.3. The number of pyridine rings is 1. The summed E-state index contributed by atoms with van der Waals surface area (Å²) in [7, 11) is -1.83. The second-order valence-electron chi connectivity index (χ2n) is 10.3. The molecule has 1 fully saturated rings. The molecule has 0 saturated carbocycles. The van der Waals surface area contributed by atoms with Crippen LogP contribution in [-0.4, -0.2) is 71.1 Å². The summed E-state index contributed by atoms with van der Waals surface area (Å²) in [5.74, 6) is 1.34. The van der Waals surface area contributed by atoms with Crippen molar-refractivity contribution in [1.82, 2.24) is 24.8 Å². The summed E-state index contributed by atoms with van der Waals surface area (Å²) in [5.41, 5.74) is 4.51. The van der Waals surface area contributed by atoms with Crippen LogP contribution in [0.25, 0.3) is 0 Å². The van der Waals surface area contributed by atoms with E-state index in [9.17, 15) is 13.2 Å². The van der Waals surface area contributed by atoms with E-state index in [4.69, 9.17) is 9.72 Å². The van der Waals surface area contributed by atoms with Crippen molar-refractivity contribution in [2.24, 2.45) is 0 Å². The molecule has 2 aliphatic heterocycles. The van der Waals surface area contributed by atoms with Gasteiger partial charge < -0.3 is 15.0 Å². The number of amides is 1. The Morgan fingerprint density at radius 1 is 1.15 bits per heavy atom. The molecular weight excluding hydrogens is 518 g/mol. The number of piperidine rings is 1. The van der Waals surface area contributed by atoms with Gasteiger partial charge in [0.25, 0.3) is 5.91 Å². The molecule has 0 radical (unpaired) electrons. The van der Waals surface area contributed by atoms with Crippen molar-refractivity contribution in [3.8, 4) is 5.75 Å². The molecule has 2 atom stereocenters. The van der Waals surface area contributed by atoms with E-state index in [0.717, 1.165) is 60.4 Å². The van der Waals surface area contributed by atoms with Gasteiger partial charge in [-0.15, -0.1) is 0 Å². The highest BCUT2D eigenvalue weighted by Crippen LogP contribution is 2.31. The lowest BCUT2D eigenvalue weighted by Crippen LogP contribution is -2.50. The number of aryl methyl sites for hydroxylation is 1. The average molecular weight is 552 g/mol. The highest BCUT2D eigenvalue weighted by molar-refractivity contribution is 7.92. The van der Waals surface area contributed by atoms with Crippen LogP contribution in [0, 0.1) is 6.92 Å². The lowest BCUT2D eigenvalue weighted by molar-refractivity contribution is 0.0460. The molecule has 0 aliphatic carbocycles. The quantitative estimate of drug-likeness (QED) is 0.454. The number of nitrogens with one attached hydrogen (secondary N) is 2. The molecule has 4 heterocycles. The number of benzene rings is 1. The number of methoxy groups -OCH3 is 1. The summed E-state index contributed by atoms with van der Waals surface area (Å²) in [5, 5.41) is 3.29. The monoisotopic (exact) mass is 551 g/mol. The Kier molecular flexibility index (Phi) is 7.41. The number of carbonyl (C=O) groups excluding carboxylic acids is 1. The number of anilines is 3. The Hall–Kier alpha value is -3.77. The molecule has 1 saturated heterocycles. The highest BCUT2D eigenvalue weighted by atomic mass is 32.2. The van der Waals surface area contributed by atoms with Crippen LogP contribution in [0.15, 0.2) is 42.7 Å². The second-order valence-corrected chi connectivity index (χ2v) is 12.0. The standard InChI is InChI=1S/C27H33N7O4S/c1-17-9-21(13-23(10-17)38-3)30-27-29-14-20-15-33(16-24(20)31-27)22-6-8-34(18(2)11-22)26(35)19-5-7-28-25(12-19)32-39(4,36)37/h5,7,9-10,12-14,18,22H,6,8,11,15-16H2,1-4H3,(H,28,32)(H,29,30,31)/t18-,22-/m1/s1. The lowest BCUT2D eigenvalue weighted by Gasteiger charge is -2.41. The number of nitrogens with zero attached hydrogens (tertiary/aromatic N) is 5.